The van der Waals surface area contributed by atoms with Crippen molar-refractivity contribution in [2.75, 3.05) is 11.5 Å². The number of unbranched alkanes of at least 4 members (excludes halogenated alkanes) is 4. The monoisotopic (exact) mass is 248 g/mol. The average Bonchev–Trinajstić information content (AvgIpc) is 2.36. The molecule has 0 spiro atoms. The summed E-state index contributed by atoms with van der Waals surface area (Å²) in [4.78, 5) is 0. The zero-order chi connectivity index (χ0) is 13.4. The first-order chi connectivity index (χ1) is 8.70. The molecule has 0 aliphatic carbocycles. The summed E-state index contributed by atoms with van der Waals surface area (Å²) in [6, 6.07) is 3.92. The fourth-order valence-corrected chi connectivity index (χ4v) is 2.42. The van der Waals surface area contributed by atoms with Gasteiger partial charge in [0.05, 0.1) is 0 Å². The third kappa shape index (κ3) is 4.25. The van der Waals surface area contributed by atoms with Crippen molar-refractivity contribution < 1.29 is 0 Å². The van der Waals surface area contributed by atoms with Crippen LogP contribution in [0.2, 0.25) is 0 Å². The Morgan fingerprint density at radius 1 is 0.722 bits per heavy atom. The molecule has 1 rings (SSSR count). The van der Waals surface area contributed by atoms with Crippen LogP contribution >= 0.6 is 0 Å². The van der Waals surface area contributed by atoms with Crippen LogP contribution in [0.25, 0.3) is 0 Å². The lowest BCUT2D eigenvalue weighted by Crippen LogP contribution is -2.05. The van der Waals surface area contributed by atoms with E-state index in [1.54, 1.807) is 0 Å². The third-order valence-corrected chi connectivity index (χ3v) is 3.56. The Balaban J connectivity index is 2.79. The van der Waals surface area contributed by atoms with E-state index in [4.69, 9.17) is 11.5 Å². The van der Waals surface area contributed by atoms with Crippen molar-refractivity contribution in [1.29, 1.82) is 0 Å². The van der Waals surface area contributed by atoms with Crippen molar-refractivity contribution in [3.05, 3.63) is 23.3 Å². The van der Waals surface area contributed by atoms with E-state index < -0.39 is 0 Å². The molecule has 1 aromatic carbocycles. The summed E-state index contributed by atoms with van der Waals surface area (Å²) >= 11 is 0. The second kappa shape index (κ2) is 8.02. The minimum atomic E-state index is 0.923. The number of nitrogen functional groups attached to an aromatic ring is 2. The van der Waals surface area contributed by atoms with Gasteiger partial charge in [0.1, 0.15) is 0 Å². The van der Waals surface area contributed by atoms with Gasteiger partial charge in [0.15, 0.2) is 0 Å². The van der Waals surface area contributed by atoms with Crippen LogP contribution < -0.4 is 11.5 Å². The molecule has 4 N–H and O–H groups in total. The quantitative estimate of drug-likeness (QED) is 0.532. The molecular formula is C16H28N2. The number of anilines is 2. The molecule has 1 aromatic rings. The molecule has 0 aliphatic rings. The van der Waals surface area contributed by atoms with Crippen molar-refractivity contribution in [1.82, 2.24) is 0 Å². The Labute approximate surface area is 112 Å². The zero-order valence-corrected chi connectivity index (χ0v) is 12.0. The van der Waals surface area contributed by atoms with Crippen LogP contribution in [-0.2, 0) is 12.8 Å². The normalized spacial score (nSPS) is 10.8. The predicted molar refractivity (Wildman–Crippen MR) is 81.7 cm³/mol. The van der Waals surface area contributed by atoms with Gasteiger partial charge in [-0.15, -0.1) is 0 Å². The minimum Gasteiger partial charge on any atom is -0.398 e. The highest BCUT2D eigenvalue weighted by atomic mass is 14.6. The summed E-state index contributed by atoms with van der Waals surface area (Å²) in [5.41, 5.74) is 16.7. The van der Waals surface area contributed by atoms with Crippen LogP contribution in [0, 0.1) is 0 Å². The first-order valence-electron chi connectivity index (χ1n) is 7.36. The van der Waals surface area contributed by atoms with Gasteiger partial charge in [0.2, 0.25) is 0 Å². The summed E-state index contributed by atoms with van der Waals surface area (Å²) in [6.45, 7) is 4.45. The average molecular weight is 248 g/mol. The smallest absolute Gasteiger partial charge is 0.0350 e. The van der Waals surface area contributed by atoms with Crippen molar-refractivity contribution >= 4 is 11.4 Å². The maximum atomic E-state index is 6.12. The molecule has 0 radical (unpaired) electrons. The highest BCUT2D eigenvalue weighted by Crippen LogP contribution is 2.27. The van der Waals surface area contributed by atoms with Gasteiger partial charge in [0.25, 0.3) is 0 Å². The van der Waals surface area contributed by atoms with E-state index in [0.29, 0.717) is 0 Å². The van der Waals surface area contributed by atoms with Gasteiger partial charge in [-0.1, -0.05) is 39.5 Å². The summed E-state index contributed by atoms with van der Waals surface area (Å²) in [5.74, 6) is 0. The lowest BCUT2D eigenvalue weighted by molar-refractivity contribution is 0.695. The molecule has 0 amide bonds. The molecule has 0 fully saturated rings. The van der Waals surface area contributed by atoms with Crippen molar-refractivity contribution in [2.24, 2.45) is 0 Å². The highest BCUT2D eigenvalue weighted by molar-refractivity contribution is 5.62. The predicted octanol–water partition coefficient (Wildman–Crippen LogP) is 4.32. The van der Waals surface area contributed by atoms with E-state index in [0.717, 1.165) is 24.2 Å². The molecule has 0 aliphatic heterocycles. The maximum Gasteiger partial charge on any atom is 0.0350 e. The summed E-state index contributed by atoms with van der Waals surface area (Å²) in [6.07, 6.45) is 9.60. The van der Waals surface area contributed by atoms with E-state index in [2.05, 4.69) is 13.8 Å². The van der Waals surface area contributed by atoms with E-state index in [9.17, 15) is 0 Å². The largest absolute Gasteiger partial charge is 0.398 e. The maximum absolute atomic E-state index is 6.12. The molecule has 0 saturated carbocycles. The molecule has 0 aromatic heterocycles. The molecule has 0 saturated heterocycles. The molecule has 102 valence electrons. The third-order valence-electron chi connectivity index (χ3n) is 3.56. The van der Waals surface area contributed by atoms with Gasteiger partial charge < -0.3 is 11.5 Å². The standard InChI is InChI=1S/C16H28N2/c1-3-5-7-9-13-14(10-8-6-4-2)16(18)12-11-15(13)17/h11-12H,3-10,17-18H2,1-2H3. The summed E-state index contributed by atoms with van der Waals surface area (Å²) in [5, 5.41) is 0. The van der Waals surface area contributed by atoms with E-state index in [1.165, 1.54) is 49.7 Å². The Hall–Kier alpha value is -1.18. The first kappa shape index (κ1) is 14.9. The van der Waals surface area contributed by atoms with Crippen LogP contribution in [0.15, 0.2) is 12.1 Å². The molecular weight excluding hydrogens is 220 g/mol. The van der Waals surface area contributed by atoms with Crippen molar-refractivity contribution in [2.45, 2.75) is 65.2 Å². The number of hydrogen-bond donors (Lipinski definition) is 2. The van der Waals surface area contributed by atoms with E-state index in [-0.39, 0.29) is 0 Å². The van der Waals surface area contributed by atoms with Crippen LogP contribution in [0.1, 0.15) is 63.5 Å². The van der Waals surface area contributed by atoms with Gasteiger partial charge in [-0.3, -0.25) is 0 Å². The Bertz CT molecular complexity index is 323. The van der Waals surface area contributed by atoms with Gasteiger partial charge in [0, 0.05) is 11.4 Å². The van der Waals surface area contributed by atoms with Crippen LogP contribution in [0.5, 0.6) is 0 Å². The fourth-order valence-electron chi connectivity index (χ4n) is 2.42. The molecule has 0 heterocycles. The Kier molecular flexibility index (Phi) is 6.63. The first-order valence-corrected chi connectivity index (χ1v) is 7.36. The second-order valence-electron chi connectivity index (χ2n) is 5.12. The van der Waals surface area contributed by atoms with Crippen LogP contribution in [-0.4, -0.2) is 0 Å². The molecule has 0 unspecified atom stereocenters. The van der Waals surface area contributed by atoms with Gasteiger partial charge in [-0.25, -0.2) is 0 Å². The highest BCUT2D eigenvalue weighted by Gasteiger charge is 2.09. The molecule has 18 heavy (non-hydrogen) atoms. The summed E-state index contributed by atoms with van der Waals surface area (Å²) in [7, 11) is 0. The van der Waals surface area contributed by atoms with E-state index in [1.807, 2.05) is 12.1 Å². The number of benzene rings is 1. The van der Waals surface area contributed by atoms with E-state index >= 15 is 0 Å². The van der Waals surface area contributed by atoms with Crippen LogP contribution in [0.4, 0.5) is 11.4 Å². The number of hydrogen-bond acceptors (Lipinski definition) is 2. The minimum absolute atomic E-state index is 0.923. The second-order valence-corrected chi connectivity index (χ2v) is 5.12. The lowest BCUT2D eigenvalue weighted by atomic mass is 9.94. The topological polar surface area (TPSA) is 52.0 Å². The van der Waals surface area contributed by atoms with Gasteiger partial charge in [-0.2, -0.15) is 0 Å². The SMILES string of the molecule is CCCCCc1c(N)ccc(N)c1CCCCC. The molecule has 0 bridgehead atoms. The van der Waals surface area contributed by atoms with Crippen molar-refractivity contribution in [3.8, 4) is 0 Å². The fraction of sp³-hybridized carbons (Fsp3) is 0.625. The Morgan fingerprint density at radius 2 is 1.11 bits per heavy atom. The molecule has 2 heteroatoms. The number of rotatable bonds is 8. The Morgan fingerprint density at radius 3 is 1.44 bits per heavy atom. The van der Waals surface area contributed by atoms with Crippen molar-refractivity contribution in [3.63, 3.8) is 0 Å². The lowest BCUT2D eigenvalue weighted by Gasteiger charge is -2.15. The number of nitrogens with two attached hydrogens (primary N) is 2. The van der Waals surface area contributed by atoms with Gasteiger partial charge in [-0.05, 0) is 48.9 Å². The molecule has 2 nitrogen and oxygen atoms in total. The van der Waals surface area contributed by atoms with Gasteiger partial charge >= 0.3 is 0 Å². The summed E-state index contributed by atoms with van der Waals surface area (Å²) < 4.78 is 0. The molecule has 0 atom stereocenters. The van der Waals surface area contributed by atoms with Crippen LogP contribution in [0.3, 0.4) is 0 Å². The zero-order valence-electron chi connectivity index (χ0n) is 12.0.